The smallest absolute Gasteiger partial charge is 0.297 e. The number of rotatable bonds is 3. The molecule has 0 radical (unpaired) electrons. The third kappa shape index (κ3) is 3.11. The van der Waals surface area contributed by atoms with Gasteiger partial charge in [-0.2, -0.15) is 4.98 Å². The quantitative estimate of drug-likeness (QED) is 0.885. The number of anilines is 1. The van der Waals surface area contributed by atoms with E-state index in [4.69, 9.17) is 4.52 Å². The Morgan fingerprint density at radius 2 is 2.38 bits per heavy atom. The molecule has 1 aromatic heterocycles. The lowest BCUT2D eigenvalue weighted by atomic mass is 10.2. The van der Waals surface area contributed by atoms with Gasteiger partial charge in [0.2, 0.25) is 5.89 Å². The van der Waals surface area contributed by atoms with Crippen molar-refractivity contribution in [3.63, 3.8) is 0 Å². The molecule has 2 N–H and O–H groups in total. The Kier molecular flexibility index (Phi) is 3.98. The van der Waals surface area contributed by atoms with Crippen LogP contribution in [0.2, 0.25) is 0 Å². The number of nitrogens with zero attached hydrogens (tertiary/aromatic N) is 2. The van der Waals surface area contributed by atoms with Crippen LogP contribution in [0.25, 0.3) is 0 Å². The van der Waals surface area contributed by atoms with E-state index in [0.29, 0.717) is 16.1 Å². The van der Waals surface area contributed by atoms with Gasteiger partial charge in [-0.15, -0.1) is 0 Å². The van der Waals surface area contributed by atoms with Crippen LogP contribution < -0.4 is 10.6 Å². The fourth-order valence-corrected chi connectivity index (χ4v) is 2.37. The standard InChI is InChI=1S/C13H12BrFN4O2/c14-8-4-3-7(6-9(8)15)17-12(20)11-18-13(21-19-11)10-2-1-5-16-10/h3-4,6,10,16H,1-2,5H2,(H,17,20). The average Bonchev–Trinajstić information content (AvgIpc) is 3.12. The zero-order valence-electron chi connectivity index (χ0n) is 10.9. The molecule has 0 spiro atoms. The van der Waals surface area contributed by atoms with Crippen LogP contribution in [0.5, 0.6) is 0 Å². The van der Waals surface area contributed by atoms with Gasteiger partial charge in [-0.1, -0.05) is 5.16 Å². The van der Waals surface area contributed by atoms with Gasteiger partial charge in [0.1, 0.15) is 5.82 Å². The van der Waals surface area contributed by atoms with Crippen LogP contribution in [-0.2, 0) is 0 Å². The maximum atomic E-state index is 13.4. The summed E-state index contributed by atoms with van der Waals surface area (Å²) >= 11 is 3.05. The van der Waals surface area contributed by atoms with E-state index < -0.39 is 11.7 Å². The number of benzene rings is 1. The maximum Gasteiger partial charge on any atom is 0.297 e. The van der Waals surface area contributed by atoms with E-state index in [-0.39, 0.29) is 11.9 Å². The monoisotopic (exact) mass is 354 g/mol. The number of carbonyl (C=O) groups excluding carboxylic acids is 1. The van der Waals surface area contributed by atoms with Gasteiger partial charge in [0.15, 0.2) is 0 Å². The minimum atomic E-state index is -0.537. The lowest BCUT2D eigenvalue weighted by molar-refractivity contribution is 0.101. The summed E-state index contributed by atoms with van der Waals surface area (Å²) in [4.78, 5) is 16.1. The first-order valence-corrected chi connectivity index (χ1v) is 7.26. The van der Waals surface area contributed by atoms with Crippen LogP contribution in [0.15, 0.2) is 27.2 Å². The Morgan fingerprint density at radius 3 is 3.10 bits per heavy atom. The molecule has 1 unspecified atom stereocenters. The van der Waals surface area contributed by atoms with Gasteiger partial charge in [-0.05, 0) is 53.5 Å². The Labute approximate surface area is 128 Å². The molecule has 1 fully saturated rings. The number of amides is 1. The van der Waals surface area contributed by atoms with Crippen LogP contribution in [0, 0.1) is 5.82 Å². The predicted molar refractivity (Wildman–Crippen MR) is 76.3 cm³/mol. The Bertz CT molecular complexity index is 670. The zero-order chi connectivity index (χ0) is 14.8. The second-order valence-corrected chi connectivity index (χ2v) is 5.54. The van der Waals surface area contributed by atoms with Crippen molar-refractivity contribution in [2.75, 3.05) is 11.9 Å². The van der Waals surface area contributed by atoms with Crippen molar-refractivity contribution in [2.45, 2.75) is 18.9 Å². The lowest BCUT2D eigenvalue weighted by Crippen LogP contribution is -2.15. The van der Waals surface area contributed by atoms with Gasteiger partial charge in [0.25, 0.3) is 11.7 Å². The summed E-state index contributed by atoms with van der Waals surface area (Å²) in [7, 11) is 0. The highest BCUT2D eigenvalue weighted by molar-refractivity contribution is 9.10. The molecule has 3 rings (SSSR count). The van der Waals surface area contributed by atoms with Crippen LogP contribution in [0.1, 0.15) is 35.4 Å². The van der Waals surface area contributed by atoms with Crippen molar-refractivity contribution in [1.29, 1.82) is 0 Å². The van der Waals surface area contributed by atoms with Gasteiger partial charge in [0.05, 0.1) is 10.5 Å². The SMILES string of the molecule is O=C(Nc1ccc(Br)c(F)c1)c1noc(C2CCCN2)n1. The van der Waals surface area contributed by atoms with Crippen molar-refractivity contribution in [1.82, 2.24) is 15.5 Å². The van der Waals surface area contributed by atoms with Crippen LogP contribution in [0.3, 0.4) is 0 Å². The highest BCUT2D eigenvalue weighted by Gasteiger charge is 2.24. The molecule has 6 nitrogen and oxygen atoms in total. The number of nitrogens with one attached hydrogen (secondary N) is 2. The van der Waals surface area contributed by atoms with Gasteiger partial charge in [0, 0.05) is 5.69 Å². The highest BCUT2D eigenvalue weighted by atomic mass is 79.9. The maximum absolute atomic E-state index is 13.4. The lowest BCUT2D eigenvalue weighted by Gasteiger charge is -2.03. The molecule has 21 heavy (non-hydrogen) atoms. The summed E-state index contributed by atoms with van der Waals surface area (Å²) in [5.74, 6) is -0.664. The van der Waals surface area contributed by atoms with Crippen LogP contribution in [0.4, 0.5) is 10.1 Å². The summed E-state index contributed by atoms with van der Waals surface area (Å²) < 4.78 is 18.8. The van der Waals surface area contributed by atoms with Gasteiger partial charge in [-0.25, -0.2) is 4.39 Å². The first kappa shape index (κ1) is 14.2. The Morgan fingerprint density at radius 1 is 1.52 bits per heavy atom. The van der Waals surface area contributed by atoms with Crippen molar-refractivity contribution >= 4 is 27.5 Å². The topological polar surface area (TPSA) is 80.0 Å². The second-order valence-electron chi connectivity index (χ2n) is 4.69. The predicted octanol–water partition coefficient (Wildman–Crippen LogP) is 2.65. The Hall–Kier alpha value is -1.80. The molecule has 2 heterocycles. The molecule has 1 atom stereocenters. The molecule has 8 heteroatoms. The molecule has 110 valence electrons. The third-order valence-electron chi connectivity index (χ3n) is 3.18. The van der Waals surface area contributed by atoms with E-state index in [1.165, 1.54) is 12.1 Å². The second kappa shape index (κ2) is 5.90. The number of carbonyl (C=O) groups is 1. The molecule has 1 aliphatic heterocycles. The number of hydrogen-bond acceptors (Lipinski definition) is 5. The fraction of sp³-hybridized carbons (Fsp3) is 0.308. The minimum absolute atomic E-state index is 0.00387. The third-order valence-corrected chi connectivity index (χ3v) is 3.82. The molecule has 1 aliphatic rings. The van der Waals surface area contributed by atoms with E-state index in [9.17, 15) is 9.18 Å². The van der Waals surface area contributed by atoms with E-state index >= 15 is 0 Å². The average molecular weight is 355 g/mol. The molecule has 0 aliphatic carbocycles. The zero-order valence-corrected chi connectivity index (χ0v) is 12.5. The molecule has 0 saturated carbocycles. The number of hydrogen-bond donors (Lipinski definition) is 2. The van der Waals surface area contributed by atoms with Crippen LogP contribution in [-0.4, -0.2) is 22.6 Å². The van der Waals surface area contributed by atoms with E-state index in [2.05, 4.69) is 36.7 Å². The first-order valence-electron chi connectivity index (χ1n) is 6.47. The normalized spacial score (nSPS) is 17.9. The molecule has 1 amide bonds. The minimum Gasteiger partial charge on any atom is -0.337 e. The number of aromatic nitrogens is 2. The first-order chi connectivity index (χ1) is 10.1. The molecular formula is C13H12BrFN4O2. The molecule has 1 saturated heterocycles. The van der Waals surface area contributed by atoms with Gasteiger partial charge in [-0.3, -0.25) is 4.79 Å². The molecular weight excluding hydrogens is 343 g/mol. The molecule has 0 bridgehead atoms. The number of halogens is 2. The fourth-order valence-electron chi connectivity index (χ4n) is 2.13. The van der Waals surface area contributed by atoms with Crippen molar-refractivity contribution in [2.24, 2.45) is 0 Å². The highest BCUT2D eigenvalue weighted by Crippen LogP contribution is 2.22. The summed E-state index contributed by atoms with van der Waals surface area (Å²) in [5.41, 5.74) is 0.325. The summed E-state index contributed by atoms with van der Waals surface area (Å²) in [6, 6.07) is 4.30. The van der Waals surface area contributed by atoms with Crippen molar-refractivity contribution in [3.8, 4) is 0 Å². The van der Waals surface area contributed by atoms with E-state index in [1.54, 1.807) is 6.07 Å². The van der Waals surface area contributed by atoms with Gasteiger partial charge < -0.3 is 15.2 Å². The van der Waals surface area contributed by atoms with Crippen molar-refractivity contribution in [3.05, 3.63) is 40.2 Å². The molecule has 2 aromatic rings. The van der Waals surface area contributed by atoms with Crippen LogP contribution >= 0.6 is 15.9 Å². The Balaban J connectivity index is 1.71. The van der Waals surface area contributed by atoms with E-state index in [1.807, 2.05) is 0 Å². The summed E-state index contributed by atoms with van der Waals surface area (Å²) in [5, 5.41) is 9.39. The summed E-state index contributed by atoms with van der Waals surface area (Å²) in [6.45, 7) is 0.896. The largest absolute Gasteiger partial charge is 0.337 e. The van der Waals surface area contributed by atoms with Gasteiger partial charge >= 0.3 is 0 Å². The molecule has 1 aromatic carbocycles. The summed E-state index contributed by atoms with van der Waals surface area (Å²) in [6.07, 6.45) is 1.94. The van der Waals surface area contributed by atoms with E-state index in [0.717, 1.165) is 19.4 Å². The van der Waals surface area contributed by atoms with Crippen molar-refractivity contribution < 1.29 is 13.7 Å².